The van der Waals surface area contributed by atoms with Crippen LogP contribution in [-0.4, -0.2) is 47.7 Å². The summed E-state index contributed by atoms with van der Waals surface area (Å²) >= 11 is 0. The summed E-state index contributed by atoms with van der Waals surface area (Å²) in [6.07, 6.45) is 9.33. The Morgan fingerprint density at radius 1 is 1.11 bits per heavy atom. The average molecular weight is 485 g/mol. The molecule has 0 aromatic heterocycles. The molecule has 1 fully saturated rings. The van der Waals surface area contributed by atoms with Crippen molar-refractivity contribution in [3.05, 3.63) is 61.2 Å². The van der Waals surface area contributed by atoms with Crippen molar-refractivity contribution in [2.75, 3.05) is 13.2 Å². The van der Waals surface area contributed by atoms with Gasteiger partial charge in [0.2, 0.25) is 11.8 Å². The predicted molar refractivity (Wildman–Crippen MR) is 136 cm³/mol. The van der Waals surface area contributed by atoms with Crippen LogP contribution in [0.1, 0.15) is 63.4 Å². The SMILES string of the molecule is C=CCCCC(=O)OC[C@@H](Cc1ccccc1)NC(=O)[C@H](CC=C)CC(=O)NC1(CO)CCCC1. The summed E-state index contributed by atoms with van der Waals surface area (Å²) in [7, 11) is 0. The highest BCUT2D eigenvalue weighted by Gasteiger charge is 2.35. The number of hydrogen-bond donors (Lipinski definition) is 3. The van der Waals surface area contributed by atoms with Gasteiger partial charge in [0.25, 0.3) is 0 Å². The number of aliphatic hydroxyl groups excluding tert-OH is 1. The zero-order valence-corrected chi connectivity index (χ0v) is 20.7. The van der Waals surface area contributed by atoms with Crippen LogP contribution in [0.5, 0.6) is 0 Å². The van der Waals surface area contributed by atoms with Gasteiger partial charge in [0.15, 0.2) is 0 Å². The molecule has 1 aromatic rings. The second kappa shape index (κ2) is 15.1. The molecule has 1 aromatic carbocycles. The van der Waals surface area contributed by atoms with Gasteiger partial charge >= 0.3 is 5.97 Å². The maximum Gasteiger partial charge on any atom is 0.305 e. The third-order valence-corrected chi connectivity index (χ3v) is 6.43. The monoisotopic (exact) mass is 484 g/mol. The molecule has 2 rings (SSSR count). The molecule has 2 amide bonds. The quantitative estimate of drug-likeness (QED) is 0.189. The molecule has 192 valence electrons. The van der Waals surface area contributed by atoms with Crippen molar-refractivity contribution < 1.29 is 24.2 Å². The molecular formula is C28H40N2O5. The Hall–Kier alpha value is -2.93. The molecule has 7 nitrogen and oxygen atoms in total. The third-order valence-electron chi connectivity index (χ3n) is 6.43. The summed E-state index contributed by atoms with van der Waals surface area (Å²) in [5.74, 6) is -1.46. The minimum absolute atomic E-state index is 0.000991. The molecule has 0 saturated heterocycles. The molecule has 2 atom stereocenters. The zero-order chi connectivity index (χ0) is 25.5. The molecule has 3 N–H and O–H groups in total. The Bertz CT molecular complexity index is 833. The predicted octanol–water partition coefficient (Wildman–Crippen LogP) is 3.62. The van der Waals surface area contributed by atoms with Crippen molar-refractivity contribution >= 4 is 17.8 Å². The minimum Gasteiger partial charge on any atom is -0.463 e. The Morgan fingerprint density at radius 3 is 2.46 bits per heavy atom. The summed E-state index contributed by atoms with van der Waals surface area (Å²) in [5, 5.41) is 15.7. The Labute approximate surface area is 209 Å². The second-order valence-corrected chi connectivity index (χ2v) is 9.38. The maximum atomic E-state index is 13.2. The van der Waals surface area contributed by atoms with Crippen LogP contribution in [0.3, 0.4) is 0 Å². The molecule has 0 heterocycles. The highest BCUT2D eigenvalue weighted by molar-refractivity contribution is 5.86. The normalized spacial score (nSPS) is 16.0. The lowest BCUT2D eigenvalue weighted by Crippen LogP contribution is -2.50. The molecule has 1 aliphatic carbocycles. The number of benzene rings is 1. The molecule has 0 aliphatic heterocycles. The van der Waals surface area contributed by atoms with E-state index in [4.69, 9.17) is 4.74 Å². The van der Waals surface area contributed by atoms with E-state index in [0.717, 1.165) is 37.7 Å². The summed E-state index contributed by atoms with van der Waals surface area (Å²) in [6.45, 7) is 7.34. The van der Waals surface area contributed by atoms with E-state index in [1.807, 2.05) is 30.3 Å². The number of aliphatic hydroxyl groups is 1. The number of allylic oxidation sites excluding steroid dienone is 2. The number of rotatable bonds is 16. The number of carbonyl (C=O) groups is 3. The number of amides is 2. The highest BCUT2D eigenvalue weighted by Crippen LogP contribution is 2.29. The first kappa shape index (κ1) is 28.3. The van der Waals surface area contributed by atoms with Gasteiger partial charge in [0, 0.05) is 12.8 Å². The van der Waals surface area contributed by atoms with Crippen LogP contribution < -0.4 is 10.6 Å². The standard InChI is InChI=1S/C28H40N2O5/c1-3-5-7-15-26(33)35-20-24(18-22-13-8-6-9-14-22)29-27(34)23(12-4-2)19-25(32)30-28(21-31)16-10-11-17-28/h3-4,6,8-9,13-14,23-24,31H,1-2,5,7,10-12,15-21H2,(H,29,34)(H,30,32)/t23-,24-/m1/s1. The van der Waals surface area contributed by atoms with E-state index < -0.39 is 17.5 Å². The van der Waals surface area contributed by atoms with Gasteiger partial charge in [-0.25, -0.2) is 0 Å². The Balaban J connectivity index is 2.01. The van der Waals surface area contributed by atoms with Crippen LogP contribution in [0.2, 0.25) is 0 Å². The topological polar surface area (TPSA) is 105 Å². The van der Waals surface area contributed by atoms with E-state index in [0.29, 0.717) is 25.7 Å². The number of hydrogen-bond acceptors (Lipinski definition) is 5. The molecule has 35 heavy (non-hydrogen) atoms. The van der Waals surface area contributed by atoms with E-state index in [1.54, 1.807) is 12.2 Å². The van der Waals surface area contributed by atoms with Crippen molar-refractivity contribution in [2.24, 2.45) is 5.92 Å². The highest BCUT2D eigenvalue weighted by atomic mass is 16.5. The number of esters is 1. The van der Waals surface area contributed by atoms with Gasteiger partial charge in [0.1, 0.15) is 6.61 Å². The molecular weight excluding hydrogens is 444 g/mol. The first-order chi connectivity index (χ1) is 16.9. The summed E-state index contributed by atoms with van der Waals surface area (Å²) < 4.78 is 5.45. The number of nitrogens with one attached hydrogen (secondary N) is 2. The molecule has 0 spiro atoms. The van der Waals surface area contributed by atoms with Crippen LogP contribution >= 0.6 is 0 Å². The van der Waals surface area contributed by atoms with E-state index in [1.165, 1.54) is 0 Å². The average Bonchev–Trinajstić information content (AvgIpc) is 3.31. The van der Waals surface area contributed by atoms with E-state index in [9.17, 15) is 19.5 Å². The first-order valence-corrected chi connectivity index (χ1v) is 12.5. The maximum absolute atomic E-state index is 13.2. The number of ether oxygens (including phenoxy) is 1. The van der Waals surface area contributed by atoms with Gasteiger partial charge < -0.3 is 20.5 Å². The number of carbonyl (C=O) groups excluding carboxylic acids is 3. The fraction of sp³-hybridized carbons (Fsp3) is 0.536. The van der Waals surface area contributed by atoms with Gasteiger partial charge in [-0.1, -0.05) is 55.3 Å². The number of unbranched alkanes of at least 4 members (excludes halogenated alkanes) is 1. The smallest absolute Gasteiger partial charge is 0.305 e. The molecule has 1 saturated carbocycles. The fourth-order valence-corrected chi connectivity index (χ4v) is 4.45. The Morgan fingerprint density at radius 2 is 1.83 bits per heavy atom. The van der Waals surface area contributed by atoms with Gasteiger partial charge in [-0.3, -0.25) is 14.4 Å². The molecule has 7 heteroatoms. The molecule has 0 radical (unpaired) electrons. The van der Waals surface area contributed by atoms with E-state index in [2.05, 4.69) is 23.8 Å². The Kier molecular flexibility index (Phi) is 12.2. The lowest BCUT2D eigenvalue weighted by molar-refractivity contribution is -0.145. The third kappa shape index (κ3) is 10.1. The zero-order valence-electron chi connectivity index (χ0n) is 20.7. The van der Waals surface area contributed by atoms with Crippen molar-refractivity contribution in [1.29, 1.82) is 0 Å². The lowest BCUT2D eigenvalue weighted by Gasteiger charge is -2.29. The van der Waals surface area contributed by atoms with Gasteiger partial charge in [0.05, 0.1) is 24.1 Å². The lowest BCUT2D eigenvalue weighted by atomic mass is 9.95. The van der Waals surface area contributed by atoms with Crippen molar-refractivity contribution in [3.63, 3.8) is 0 Å². The van der Waals surface area contributed by atoms with Crippen LogP contribution in [0, 0.1) is 5.92 Å². The summed E-state index contributed by atoms with van der Waals surface area (Å²) in [4.78, 5) is 38.0. The molecule has 0 bridgehead atoms. The van der Waals surface area contributed by atoms with Crippen LogP contribution in [0.25, 0.3) is 0 Å². The van der Waals surface area contributed by atoms with Crippen LogP contribution in [-0.2, 0) is 25.5 Å². The van der Waals surface area contributed by atoms with Crippen LogP contribution in [0.4, 0.5) is 0 Å². The van der Waals surface area contributed by atoms with Crippen LogP contribution in [0.15, 0.2) is 55.6 Å². The summed E-state index contributed by atoms with van der Waals surface area (Å²) in [6, 6.07) is 9.23. The van der Waals surface area contributed by atoms with Crippen molar-refractivity contribution in [2.45, 2.75) is 75.8 Å². The van der Waals surface area contributed by atoms with E-state index >= 15 is 0 Å². The minimum atomic E-state index is -0.605. The van der Waals surface area contributed by atoms with Crippen molar-refractivity contribution in [1.82, 2.24) is 10.6 Å². The van der Waals surface area contributed by atoms with E-state index in [-0.39, 0.29) is 37.4 Å². The largest absolute Gasteiger partial charge is 0.463 e. The van der Waals surface area contributed by atoms with Gasteiger partial charge in [-0.2, -0.15) is 0 Å². The van der Waals surface area contributed by atoms with Gasteiger partial charge in [-0.15, -0.1) is 13.2 Å². The molecule has 1 aliphatic rings. The fourth-order valence-electron chi connectivity index (χ4n) is 4.45. The second-order valence-electron chi connectivity index (χ2n) is 9.38. The van der Waals surface area contributed by atoms with Gasteiger partial charge in [-0.05, 0) is 44.1 Å². The van der Waals surface area contributed by atoms with Crippen molar-refractivity contribution in [3.8, 4) is 0 Å². The summed E-state index contributed by atoms with van der Waals surface area (Å²) in [5.41, 5.74) is 0.423. The molecule has 0 unspecified atom stereocenters. The first-order valence-electron chi connectivity index (χ1n) is 12.5.